The minimum absolute atomic E-state index is 0.108. The summed E-state index contributed by atoms with van der Waals surface area (Å²) in [6, 6.07) is 7.35. The lowest BCUT2D eigenvalue weighted by Crippen LogP contribution is -2.27. The Labute approximate surface area is 229 Å². The van der Waals surface area contributed by atoms with Crippen molar-refractivity contribution >= 4 is 24.1 Å². The van der Waals surface area contributed by atoms with Crippen LogP contribution in [0.5, 0.6) is 5.75 Å². The van der Waals surface area contributed by atoms with Gasteiger partial charge in [-0.15, -0.1) is 0 Å². The van der Waals surface area contributed by atoms with Gasteiger partial charge in [0.2, 0.25) is 0 Å². The lowest BCUT2D eigenvalue weighted by Gasteiger charge is -2.10. The minimum Gasteiger partial charge on any atom is -0.490 e. The highest BCUT2D eigenvalue weighted by molar-refractivity contribution is 5.81. The van der Waals surface area contributed by atoms with Crippen molar-refractivity contribution in [2.45, 2.75) is 44.9 Å². The fraction of sp³-hybridized carbons (Fsp3) is 0.500. The standard InChI is InChI=1S/C28H40N2O9/c1-3-25(31)36-18-9-5-7-16-29-27(33)38-20-15-23-11-13-24(14-12-23)35-21-22-39-28(34)30-17-8-6-10-19-37-26(32)4-2/h3-4,11-14H,1-2,5-10,15-22H2,(H,29,33)(H,30,34). The van der Waals surface area contributed by atoms with Crippen LogP contribution in [0.3, 0.4) is 0 Å². The third-order valence-corrected chi connectivity index (χ3v) is 5.14. The van der Waals surface area contributed by atoms with E-state index in [1.807, 2.05) is 12.1 Å². The molecule has 0 unspecified atom stereocenters. The molecule has 2 amide bonds. The summed E-state index contributed by atoms with van der Waals surface area (Å²) in [5.41, 5.74) is 0.985. The summed E-state index contributed by atoms with van der Waals surface area (Å²) in [6.07, 6.45) is 6.40. The van der Waals surface area contributed by atoms with Crippen LogP contribution < -0.4 is 15.4 Å². The zero-order valence-electron chi connectivity index (χ0n) is 22.5. The van der Waals surface area contributed by atoms with Crippen LogP contribution >= 0.6 is 0 Å². The number of carbonyl (C=O) groups is 4. The molecular weight excluding hydrogens is 508 g/mol. The number of rotatable bonds is 21. The highest BCUT2D eigenvalue weighted by atomic mass is 16.6. The van der Waals surface area contributed by atoms with Crippen LogP contribution in [0.4, 0.5) is 9.59 Å². The molecule has 0 aliphatic rings. The molecule has 0 bridgehead atoms. The van der Waals surface area contributed by atoms with Crippen molar-refractivity contribution in [1.29, 1.82) is 0 Å². The maximum atomic E-state index is 11.7. The number of hydrogen-bond donors (Lipinski definition) is 2. The largest absolute Gasteiger partial charge is 0.490 e. The molecule has 0 radical (unpaired) electrons. The van der Waals surface area contributed by atoms with Crippen molar-refractivity contribution in [1.82, 2.24) is 10.6 Å². The molecule has 39 heavy (non-hydrogen) atoms. The second-order valence-electron chi connectivity index (χ2n) is 8.23. The molecule has 1 aromatic carbocycles. The quantitative estimate of drug-likeness (QED) is 0.101. The van der Waals surface area contributed by atoms with Gasteiger partial charge >= 0.3 is 24.1 Å². The average molecular weight is 549 g/mol. The van der Waals surface area contributed by atoms with E-state index in [9.17, 15) is 19.2 Å². The van der Waals surface area contributed by atoms with Crippen molar-refractivity contribution < 1.29 is 42.9 Å². The highest BCUT2D eigenvalue weighted by Crippen LogP contribution is 2.12. The third kappa shape index (κ3) is 18.8. The molecular formula is C28H40N2O9. The summed E-state index contributed by atoms with van der Waals surface area (Å²) in [5, 5.41) is 5.34. The molecule has 216 valence electrons. The smallest absolute Gasteiger partial charge is 0.407 e. The van der Waals surface area contributed by atoms with Gasteiger partial charge in [-0.3, -0.25) is 0 Å². The predicted molar refractivity (Wildman–Crippen MR) is 144 cm³/mol. The van der Waals surface area contributed by atoms with Gasteiger partial charge in [-0.1, -0.05) is 25.3 Å². The molecule has 0 fully saturated rings. The number of carbonyl (C=O) groups excluding carboxylic acids is 4. The van der Waals surface area contributed by atoms with Crippen molar-refractivity contribution in [2.24, 2.45) is 0 Å². The first-order valence-electron chi connectivity index (χ1n) is 13.1. The van der Waals surface area contributed by atoms with E-state index < -0.39 is 24.1 Å². The Morgan fingerprint density at radius 1 is 0.615 bits per heavy atom. The summed E-state index contributed by atoms with van der Waals surface area (Å²) in [4.78, 5) is 45.2. The van der Waals surface area contributed by atoms with Gasteiger partial charge in [0.25, 0.3) is 0 Å². The Morgan fingerprint density at radius 3 is 1.64 bits per heavy atom. The number of hydrogen-bond acceptors (Lipinski definition) is 9. The fourth-order valence-corrected chi connectivity index (χ4v) is 3.06. The maximum absolute atomic E-state index is 11.7. The number of amides is 2. The van der Waals surface area contributed by atoms with E-state index in [0.717, 1.165) is 49.8 Å². The van der Waals surface area contributed by atoms with Crippen LogP contribution in [0, 0.1) is 0 Å². The minimum atomic E-state index is -0.511. The van der Waals surface area contributed by atoms with Gasteiger partial charge in [-0.05, 0) is 56.2 Å². The van der Waals surface area contributed by atoms with E-state index in [-0.39, 0.29) is 19.8 Å². The topological polar surface area (TPSA) is 138 Å². The molecule has 0 spiro atoms. The van der Waals surface area contributed by atoms with E-state index in [1.54, 1.807) is 12.1 Å². The Bertz CT molecular complexity index is 888. The van der Waals surface area contributed by atoms with Crippen molar-refractivity contribution in [3.63, 3.8) is 0 Å². The first kappa shape index (κ1) is 33.0. The Balaban J connectivity index is 2.01. The zero-order chi connectivity index (χ0) is 28.6. The lowest BCUT2D eigenvalue weighted by atomic mass is 10.1. The predicted octanol–water partition coefficient (Wildman–Crippen LogP) is 3.86. The monoisotopic (exact) mass is 548 g/mol. The molecule has 0 saturated carbocycles. The van der Waals surface area contributed by atoms with E-state index in [0.29, 0.717) is 44.9 Å². The highest BCUT2D eigenvalue weighted by Gasteiger charge is 2.04. The number of ether oxygens (including phenoxy) is 5. The van der Waals surface area contributed by atoms with E-state index in [2.05, 4.69) is 23.8 Å². The molecule has 0 atom stereocenters. The second kappa shape index (κ2) is 22.0. The molecule has 0 saturated heterocycles. The maximum Gasteiger partial charge on any atom is 0.407 e. The summed E-state index contributed by atoms with van der Waals surface area (Å²) < 4.78 is 25.6. The van der Waals surface area contributed by atoms with Crippen molar-refractivity contribution in [2.75, 3.05) is 46.1 Å². The molecule has 0 heterocycles. The molecule has 1 rings (SSSR count). The van der Waals surface area contributed by atoms with Gasteiger partial charge in [0.15, 0.2) is 0 Å². The van der Waals surface area contributed by atoms with Crippen LogP contribution in [0.15, 0.2) is 49.6 Å². The fourth-order valence-electron chi connectivity index (χ4n) is 3.06. The van der Waals surface area contributed by atoms with Gasteiger partial charge in [-0.25, -0.2) is 19.2 Å². The van der Waals surface area contributed by atoms with Gasteiger partial charge < -0.3 is 34.3 Å². The van der Waals surface area contributed by atoms with Crippen LogP contribution in [0.25, 0.3) is 0 Å². The Hall–Kier alpha value is -4.02. The van der Waals surface area contributed by atoms with Gasteiger partial charge in [0.1, 0.15) is 19.0 Å². The number of nitrogens with one attached hydrogen (secondary N) is 2. The Kier molecular flexibility index (Phi) is 18.6. The first-order chi connectivity index (χ1) is 18.9. The van der Waals surface area contributed by atoms with E-state index in [4.69, 9.17) is 23.7 Å². The molecule has 1 aromatic rings. The van der Waals surface area contributed by atoms with Crippen LogP contribution in [0.1, 0.15) is 44.1 Å². The van der Waals surface area contributed by atoms with Gasteiger partial charge in [0.05, 0.1) is 19.8 Å². The molecule has 2 N–H and O–H groups in total. The van der Waals surface area contributed by atoms with Crippen LogP contribution in [-0.2, 0) is 35.0 Å². The average Bonchev–Trinajstić information content (AvgIpc) is 2.94. The number of alkyl carbamates (subject to hydrolysis) is 2. The summed E-state index contributed by atoms with van der Waals surface area (Å²) in [5.74, 6) is -0.232. The molecule has 0 aromatic heterocycles. The van der Waals surface area contributed by atoms with Crippen LogP contribution in [-0.4, -0.2) is 70.2 Å². The van der Waals surface area contributed by atoms with Crippen molar-refractivity contribution in [3.05, 3.63) is 55.1 Å². The molecule has 0 aliphatic heterocycles. The molecule has 0 aliphatic carbocycles. The van der Waals surface area contributed by atoms with Crippen LogP contribution in [0.2, 0.25) is 0 Å². The zero-order valence-corrected chi connectivity index (χ0v) is 22.5. The first-order valence-corrected chi connectivity index (χ1v) is 13.1. The van der Waals surface area contributed by atoms with E-state index >= 15 is 0 Å². The summed E-state index contributed by atoms with van der Waals surface area (Å²) >= 11 is 0. The number of esters is 2. The van der Waals surface area contributed by atoms with E-state index in [1.165, 1.54) is 0 Å². The molecule has 11 nitrogen and oxygen atoms in total. The molecule has 11 heteroatoms. The van der Waals surface area contributed by atoms with Gasteiger partial charge in [0, 0.05) is 31.7 Å². The SMILES string of the molecule is C=CC(=O)OCCCCCNC(=O)OCCOc1ccc(CCOC(=O)NCCCCCOC(=O)C=C)cc1. The number of benzene rings is 1. The second-order valence-corrected chi connectivity index (χ2v) is 8.23. The lowest BCUT2D eigenvalue weighted by molar-refractivity contribution is -0.138. The Morgan fingerprint density at radius 2 is 1.13 bits per heavy atom. The normalized spacial score (nSPS) is 10.1. The number of unbranched alkanes of at least 4 members (excludes halogenated alkanes) is 4. The summed E-state index contributed by atoms with van der Waals surface area (Å²) in [6.45, 7) is 8.85. The van der Waals surface area contributed by atoms with Crippen molar-refractivity contribution in [3.8, 4) is 5.75 Å². The van der Waals surface area contributed by atoms with Gasteiger partial charge in [-0.2, -0.15) is 0 Å². The summed E-state index contributed by atoms with van der Waals surface area (Å²) in [7, 11) is 0. The third-order valence-electron chi connectivity index (χ3n) is 5.14.